The van der Waals surface area contributed by atoms with Crippen molar-refractivity contribution < 1.29 is 19.1 Å². The van der Waals surface area contributed by atoms with Crippen molar-refractivity contribution in [2.45, 2.75) is 142 Å². The minimum Gasteiger partial charge on any atom is -0.462 e. The molecule has 3 saturated carbocycles. The van der Waals surface area contributed by atoms with Gasteiger partial charge in [0.1, 0.15) is 11.9 Å². The molecular formula is C33H52O4S. The minimum absolute atomic E-state index is 0.00477. The van der Waals surface area contributed by atoms with E-state index in [4.69, 9.17) is 4.74 Å². The molecule has 214 valence electrons. The summed E-state index contributed by atoms with van der Waals surface area (Å²) >= 11 is 1.46. The summed E-state index contributed by atoms with van der Waals surface area (Å²) in [7, 11) is 0. The van der Waals surface area contributed by atoms with Crippen molar-refractivity contribution in [2.24, 2.45) is 28.6 Å². The Morgan fingerprint density at radius 1 is 1.00 bits per heavy atom. The second kappa shape index (κ2) is 13.5. The van der Waals surface area contributed by atoms with Gasteiger partial charge in [-0.25, -0.2) is 0 Å². The fraction of sp³-hybridized carbons (Fsp3) is 0.848. The number of esters is 1. The first-order chi connectivity index (χ1) is 18.3. The third kappa shape index (κ3) is 6.61. The minimum atomic E-state index is -0.121. The van der Waals surface area contributed by atoms with E-state index in [1.807, 2.05) is 0 Å². The molecule has 0 N–H and O–H groups in total. The molecule has 0 aromatic rings. The Labute approximate surface area is 235 Å². The average molecular weight is 545 g/mol. The number of carbonyl (C=O) groups excluding carboxylic acids is 3. The molecule has 4 nitrogen and oxygen atoms in total. The number of hydrogen-bond acceptors (Lipinski definition) is 5. The van der Waals surface area contributed by atoms with E-state index >= 15 is 0 Å². The smallest absolute Gasteiger partial charge is 0.306 e. The van der Waals surface area contributed by atoms with Gasteiger partial charge in [-0.15, -0.1) is 0 Å². The van der Waals surface area contributed by atoms with Gasteiger partial charge in [-0.05, 0) is 74.5 Å². The van der Waals surface area contributed by atoms with E-state index in [1.165, 1.54) is 55.9 Å². The van der Waals surface area contributed by atoms with Gasteiger partial charge in [0.25, 0.3) is 0 Å². The maximum Gasteiger partial charge on any atom is 0.306 e. The molecule has 4 rings (SSSR count). The molecule has 0 bridgehead atoms. The van der Waals surface area contributed by atoms with Crippen LogP contribution in [0, 0.1) is 28.6 Å². The lowest BCUT2D eigenvalue weighted by atomic mass is 9.47. The van der Waals surface area contributed by atoms with Gasteiger partial charge in [0, 0.05) is 37.4 Å². The van der Waals surface area contributed by atoms with Crippen LogP contribution in [-0.4, -0.2) is 28.7 Å². The van der Waals surface area contributed by atoms with Crippen LogP contribution in [0.4, 0.5) is 0 Å². The molecule has 0 spiro atoms. The fourth-order valence-corrected chi connectivity index (χ4v) is 9.54. The number of fused-ring (bicyclic) bond motifs is 5. The van der Waals surface area contributed by atoms with Crippen molar-refractivity contribution in [3.63, 3.8) is 0 Å². The standard InChI is InChI=1S/C33H52O4S/c1-4-5-6-7-8-9-10-11-12-31(36)37-26-17-20-33(21-22-38-24(2)34)25(23-26)13-14-27-28-15-16-30(35)32(28,3)19-18-29(27)33/h13,26-29H,4-12,14-23H2,1-3H3/t26-,27-,28-,29-,32-,33+/m0/s1. The predicted octanol–water partition coefficient (Wildman–Crippen LogP) is 8.61. The maximum absolute atomic E-state index is 12.8. The lowest BCUT2D eigenvalue weighted by Crippen LogP contribution is -2.52. The van der Waals surface area contributed by atoms with Crippen LogP contribution in [0.3, 0.4) is 0 Å². The molecule has 5 heteroatoms. The number of thioether (sulfide) groups is 1. The number of rotatable bonds is 13. The average Bonchev–Trinajstić information content (AvgIpc) is 3.19. The van der Waals surface area contributed by atoms with Crippen molar-refractivity contribution in [1.82, 2.24) is 0 Å². The summed E-state index contributed by atoms with van der Waals surface area (Å²) in [5.74, 6) is 3.00. The highest BCUT2D eigenvalue weighted by Crippen LogP contribution is 2.65. The first-order valence-corrected chi connectivity index (χ1v) is 16.8. The number of allylic oxidation sites excluding steroid dienone is 1. The Morgan fingerprint density at radius 2 is 1.74 bits per heavy atom. The van der Waals surface area contributed by atoms with Crippen LogP contribution < -0.4 is 0 Å². The van der Waals surface area contributed by atoms with Gasteiger partial charge in [0.05, 0.1) is 0 Å². The first-order valence-electron chi connectivity index (χ1n) is 15.9. The van der Waals surface area contributed by atoms with E-state index in [0.717, 1.165) is 76.4 Å². The van der Waals surface area contributed by atoms with Crippen molar-refractivity contribution >= 4 is 28.6 Å². The molecule has 0 saturated heterocycles. The van der Waals surface area contributed by atoms with Crippen molar-refractivity contribution in [3.05, 3.63) is 11.6 Å². The lowest BCUT2D eigenvalue weighted by Gasteiger charge is -2.58. The number of Topliss-reactive ketones (excluding diaryl/α,β-unsaturated/α-hetero) is 1. The molecule has 3 fully saturated rings. The number of unbranched alkanes of at least 4 members (excludes halogenated alkanes) is 7. The Bertz CT molecular complexity index is 880. The molecule has 6 atom stereocenters. The van der Waals surface area contributed by atoms with Crippen molar-refractivity contribution in [3.8, 4) is 0 Å². The third-order valence-corrected chi connectivity index (χ3v) is 11.7. The van der Waals surface area contributed by atoms with Crippen LogP contribution in [0.15, 0.2) is 11.6 Å². The lowest BCUT2D eigenvalue weighted by molar-refractivity contribution is -0.151. The molecule has 4 aliphatic carbocycles. The molecule has 0 heterocycles. The summed E-state index contributed by atoms with van der Waals surface area (Å²) in [6, 6.07) is 0. The molecule has 0 aromatic carbocycles. The van der Waals surface area contributed by atoms with Crippen LogP contribution >= 0.6 is 11.8 Å². The second-order valence-corrected chi connectivity index (χ2v) is 14.4. The molecule has 0 aliphatic heterocycles. The van der Waals surface area contributed by atoms with Gasteiger partial charge < -0.3 is 4.74 Å². The van der Waals surface area contributed by atoms with Crippen LogP contribution in [0.25, 0.3) is 0 Å². The molecular weight excluding hydrogens is 492 g/mol. The Morgan fingerprint density at radius 3 is 2.47 bits per heavy atom. The normalized spacial score (nSPS) is 34.2. The molecule has 4 aliphatic rings. The zero-order chi connectivity index (χ0) is 27.2. The number of ketones is 1. The second-order valence-electron chi connectivity index (χ2n) is 13.1. The Balaban J connectivity index is 1.34. The number of ether oxygens (including phenoxy) is 1. The summed E-state index contributed by atoms with van der Waals surface area (Å²) in [6.45, 7) is 6.16. The largest absolute Gasteiger partial charge is 0.462 e. The van der Waals surface area contributed by atoms with Gasteiger partial charge >= 0.3 is 5.97 Å². The summed E-state index contributed by atoms with van der Waals surface area (Å²) in [5.41, 5.74) is 1.48. The maximum atomic E-state index is 12.8. The van der Waals surface area contributed by atoms with Crippen LogP contribution in [0.5, 0.6) is 0 Å². The van der Waals surface area contributed by atoms with Gasteiger partial charge in [-0.3, -0.25) is 14.4 Å². The van der Waals surface area contributed by atoms with E-state index in [-0.39, 0.29) is 28.0 Å². The van der Waals surface area contributed by atoms with E-state index in [0.29, 0.717) is 30.0 Å². The van der Waals surface area contributed by atoms with E-state index in [1.54, 1.807) is 6.92 Å². The molecule has 0 unspecified atom stereocenters. The summed E-state index contributed by atoms with van der Waals surface area (Å²) in [6.07, 6.45) is 21.7. The third-order valence-electron chi connectivity index (χ3n) is 10.9. The Hall–Kier alpha value is -1.10. The van der Waals surface area contributed by atoms with E-state index in [2.05, 4.69) is 19.9 Å². The molecule has 38 heavy (non-hydrogen) atoms. The molecule has 0 aromatic heterocycles. The van der Waals surface area contributed by atoms with Gasteiger partial charge in [-0.2, -0.15) is 0 Å². The van der Waals surface area contributed by atoms with Crippen LogP contribution in [0.1, 0.15) is 136 Å². The highest BCUT2D eigenvalue weighted by atomic mass is 32.2. The van der Waals surface area contributed by atoms with Crippen molar-refractivity contribution in [2.75, 3.05) is 5.75 Å². The van der Waals surface area contributed by atoms with Crippen molar-refractivity contribution in [1.29, 1.82) is 0 Å². The summed E-state index contributed by atoms with van der Waals surface area (Å²) < 4.78 is 6.04. The SMILES string of the molecule is CCCCCCCCCCC(=O)O[C@H]1CC[C@@]2(CCSC(C)=O)C(=CC[C@@H]3[C@@H]2CC[C@]2(C)C(=O)CC[C@@H]32)C1. The van der Waals surface area contributed by atoms with Crippen LogP contribution in [0.2, 0.25) is 0 Å². The van der Waals surface area contributed by atoms with Crippen LogP contribution in [-0.2, 0) is 19.1 Å². The molecule has 0 amide bonds. The predicted molar refractivity (Wildman–Crippen MR) is 156 cm³/mol. The highest BCUT2D eigenvalue weighted by molar-refractivity contribution is 8.13. The summed E-state index contributed by atoms with van der Waals surface area (Å²) in [4.78, 5) is 37.3. The topological polar surface area (TPSA) is 60.4 Å². The van der Waals surface area contributed by atoms with Gasteiger partial charge in [0.15, 0.2) is 5.12 Å². The Kier molecular flexibility index (Phi) is 10.6. The quantitative estimate of drug-likeness (QED) is 0.132. The zero-order valence-corrected chi connectivity index (χ0v) is 25.2. The zero-order valence-electron chi connectivity index (χ0n) is 24.4. The first kappa shape index (κ1) is 29.9. The highest BCUT2D eigenvalue weighted by Gasteiger charge is 2.59. The van der Waals surface area contributed by atoms with E-state index < -0.39 is 0 Å². The van der Waals surface area contributed by atoms with Gasteiger partial charge in [0.2, 0.25) is 0 Å². The van der Waals surface area contributed by atoms with Gasteiger partial charge in [-0.1, -0.05) is 82.2 Å². The van der Waals surface area contributed by atoms with E-state index in [9.17, 15) is 14.4 Å². The number of carbonyl (C=O) groups is 3. The monoisotopic (exact) mass is 544 g/mol. The molecule has 0 radical (unpaired) electrons. The number of hydrogen-bond donors (Lipinski definition) is 0. The summed E-state index contributed by atoms with van der Waals surface area (Å²) in [5, 5.41) is 0.195. The fourth-order valence-electron chi connectivity index (χ4n) is 8.79.